The molecule has 0 spiro atoms. The van der Waals surface area contributed by atoms with Crippen molar-refractivity contribution in [2.45, 2.75) is 6.92 Å². The zero-order valence-electron chi connectivity index (χ0n) is 8.54. The number of methoxy groups -OCH3 is 1. The maximum Gasteiger partial charge on any atom is 0.294 e. The summed E-state index contributed by atoms with van der Waals surface area (Å²) in [5.74, 6) is 0. The van der Waals surface area contributed by atoms with Crippen LogP contribution in [-0.4, -0.2) is 17.1 Å². The SMILES string of the molecule is COc1nc(-c2ccc(Cl)cc2)c(C)[nH]1. The van der Waals surface area contributed by atoms with Gasteiger partial charge in [0.05, 0.1) is 12.8 Å². The van der Waals surface area contributed by atoms with Crippen LogP contribution in [0.5, 0.6) is 6.01 Å². The van der Waals surface area contributed by atoms with Gasteiger partial charge in [0, 0.05) is 16.3 Å². The molecule has 1 heterocycles. The molecule has 2 aromatic rings. The maximum absolute atomic E-state index is 5.82. The number of hydrogen-bond donors (Lipinski definition) is 1. The Morgan fingerprint density at radius 1 is 1.27 bits per heavy atom. The second-order valence-electron chi connectivity index (χ2n) is 3.23. The van der Waals surface area contributed by atoms with Gasteiger partial charge in [0.25, 0.3) is 6.01 Å². The van der Waals surface area contributed by atoms with Gasteiger partial charge in [0.2, 0.25) is 0 Å². The minimum absolute atomic E-state index is 0.525. The van der Waals surface area contributed by atoms with Crippen LogP contribution in [0.4, 0.5) is 0 Å². The summed E-state index contributed by atoms with van der Waals surface area (Å²) in [6.07, 6.45) is 0. The smallest absolute Gasteiger partial charge is 0.294 e. The molecule has 0 unspecified atom stereocenters. The van der Waals surface area contributed by atoms with E-state index in [0.717, 1.165) is 22.0 Å². The van der Waals surface area contributed by atoms with Crippen molar-refractivity contribution in [3.05, 3.63) is 35.0 Å². The number of nitrogens with zero attached hydrogens (tertiary/aromatic N) is 1. The van der Waals surface area contributed by atoms with Gasteiger partial charge < -0.3 is 9.72 Å². The molecule has 0 saturated heterocycles. The second-order valence-corrected chi connectivity index (χ2v) is 3.66. The van der Waals surface area contributed by atoms with E-state index < -0.39 is 0 Å². The highest BCUT2D eigenvalue weighted by Crippen LogP contribution is 2.24. The number of aromatic amines is 1. The number of aryl methyl sites for hydroxylation is 1. The van der Waals surface area contributed by atoms with Gasteiger partial charge in [0.15, 0.2) is 0 Å². The summed E-state index contributed by atoms with van der Waals surface area (Å²) in [4.78, 5) is 7.35. The Morgan fingerprint density at radius 2 is 1.93 bits per heavy atom. The fourth-order valence-corrected chi connectivity index (χ4v) is 1.54. The predicted molar refractivity (Wildman–Crippen MR) is 60.3 cm³/mol. The Balaban J connectivity index is 2.44. The molecule has 0 saturated carbocycles. The lowest BCUT2D eigenvalue weighted by Crippen LogP contribution is -1.83. The Labute approximate surface area is 93.1 Å². The van der Waals surface area contributed by atoms with Crippen molar-refractivity contribution in [3.8, 4) is 17.3 Å². The number of rotatable bonds is 2. The van der Waals surface area contributed by atoms with Crippen LogP contribution in [0.1, 0.15) is 5.69 Å². The van der Waals surface area contributed by atoms with E-state index in [1.54, 1.807) is 7.11 Å². The van der Waals surface area contributed by atoms with E-state index in [0.29, 0.717) is 6.01 Å². The summed E-state index contributed by atoms with van der Waals surface area (Å²) < 4.78 is 5.03. The van der Waals surface area contributed by atoms with Crippen molar-refractivity contribution in [3.63, 3.8) is 0 Å². The van der Waals surface area contributed by atoms with Crippen molar-refractivity contribution in [2.75, 3.05) is 7.11 Å². The Hall–Kier alpha value is -1.48. The molecule has 0 aliphatic rings. The molecule has 0 atom stereocenters. The molecular formula is C11H11ClN2O. The van der Waals surface area contributed by atoms with Gasteiger partial charge in [-0.15, -0.1) is 0 Å². The molecule has 2 rings (SSSR count). The molecule has 1 aromatic heterocycles. The summed E-state index contributed by atoms with van der Waals surface area (Å²) in [6.45, 7) is 1.96. The van der Waals surface area contributed by atoms with Crippen LogP contribution in [0.25, 0.3) is 11.3 Å². The molecule has 1 N–H and O–H groups in total. The van der Waals surface area contributed by atoms with Crippen molar-refractivity contribution < 1.29 is 4.74 Å². The lowest BCUT2D eigenvalue weighted by atomic mass is 10.1. The minimum Gasteiger partial charge on any atom is -0.468 e. The lowest BCUT2D eigenvalue weighted by Gasteiger charge is -1.97. The van der Waals surface area contributed by atoms with Crippen LogP contribution in [0.2, 0.25) is 5.02 Å². The molecule has 0 bridgehead atoms. The molecule has 0 aliphatic carbocycles. The standard InChI is InChI=1S/C11H11ClN2O/c1-7-10(14-11(13-7)15-2)8-3-5-9(12)6-4-8/h3-6H,1-2H3,(H,13,14). The number of aromatic nitrogens is 2. The van der Waals surface area contributed by atoms with Crippen molar-refractivity contribution >= 4 is 11.6 Å². The average Bonchev–Trinajstić information content (AvgIpc) is 2.61. The van der Waals surface area contributed by atoms with E-state index in [2.05, 4.69) is 9.97 Å². The van der Waals surface area contributed by atoms with E-state index in [9.17, 15) is 0 Å². The predicted octanol–water partition coefficient (Wildman–Crippen LogP) is 3.05. The molecule has 0 aliphatic heterocycles. The van der Waals surface area contributed by atoms with Crippen molar-refractivity contribution in [1.82, 2.24) is 9.97 Å². The molecule has 0 radical (unpaired) electrons. The average molecular weight is 223 g/mol. The van der Waals surface area contributed by atoms with Crippen LogP contribution in [-0.2, 0) is 0 Å². The second kappa shape index (κ2) is 3.95. The molecular weight excluding hydrogens is 212 g/mol. The fourth-order valence-electron chi connectivity index (χ4n) is 1.42. The topological polar surface area (TPSA) is 37.9 Å². The summed E-state index contributed by atoms with van der Waals surface area (Å²) in [5.41, 5.74) is 2.90. The first kappa shape index (κ1) is 10.1. The van der Waals surface area contributed by atoms with E-state index in [1.165, 1.54) is 0 Å². The summed E-state index contributed by atoms with van der Waals surface area (Å²) in [6, 6.07) is 8.09. The molecule has 4 heteroatoms. The Morgan fingerprint density at radius 3 is 2.47 bits per heavy atom. The maximum atomic E-state index is 5.82. The molecule has 78 valence electrons. The number of nitrogens with one attached hydrogen (secondary N) is 1. The normalized spacial score (nSPS) is 10.3. The zero-order chi connectivity index (χ0) is 10.8. The third-order valence-corrected chi connectivity index (χ3v) is 2.43. The number of H-pyrrole nitrogens is 1. The van der Waals surface area contributed by atoms with Gasteiger partial charge in [-0.05, 0) is 19.1 Å². The van der Waals surface area contributed by atoms with E-state index in [-0.39, 0.29) is 0 Å². The minimum atomic E-state index is 0.525. The first-order valence-electron chi connectivity index (χ1n) is 4.57. The van der Waals surface area contributed by atoms with Crippen LogP contribution >= 0.6 is 11.6 Å². The van der Waals surface area contributed by atoms with Gasteiger partial charge in [0.1, 0.15) is 0 Å². The third kappa shape index (κ3) is 1.97. The van der Waals surface area contributed by atoms with Gasteiger partial charge in [-0.25, -0.2) is 0 Å². The molecule has 0 amide bonds. The molecule has 3 nitrogen and oxygen atoms in total. The first-order valence-corrected chi connectivity index (χ1v) is 4.95. The summed E-state index contributed by atoms with van der Waals surface area (Å²) in [7, 11) is 1.59. The van der Waals surface area contributed by atoms with E-state index in [4.69, 9.17) is 16.3 Å². The van der Waals surface area contributed by atoms with Gasteiger partial charge in [-0.1, -0.05) is 23.7 Å². The van der Waals surface area contributed by atoms with Gasteiger partial charge >= 0.3 is 0 Å². The van der Waals surface area contributed by atoms with Crippen LogP contribution < -0.4 is 4.74 Å². The summed E-state index contributed by atoms with van der Waals surface area (Å²) in [5, 5.41) is 0.721. The summed E-state index contributed by atoms with van der Waals surface area (Å²) >= 11 is 5.82. The highest BCUT2D eigenvalue weighted by atomic mass is 35.5. The highest BCUT2D eigenvalue weighted by molar-refractivity contribution is 6.30. The van der Waals surface area contributed by atoms with Crippen molar-refractivity contribution in [1.29, 1.82) is 0 Å². The quantitative estimate of drug-likeness (QED) is 0.848. The van der Waals surface area contributed by atoms with Gasteiger partial charge in [-0.3, -0.25) is 0 Å². The first-order chi connectivity index (χ1) is 7.20. The highest BCUT2D eigenvalue weighted by Gasteiger charge is 2.08. The van der Waals surface area contributed by atoms with E-state index >= 15 is 0 Å². The molecule has 15 heavy (non-hydrogen) atoms. The zero-order valence-corrected chi connectivity index (χ0v) is 9.30. The number of ether oxygens (including phenoxy) is 1. The van der Waals surface area contributed by atoms with Crippen molar-refractivity contribution in [2.24, 2.45) is 0 Å². The van der Waals surface area contributed by atoms with Crippen LogP contribution in [0.15, 0.2) is 24.3 Å². The van der Waals surface area contributed by atoms with Crippen LogP contribution in [0, 0.1) is 6.92 Å². The Kier molecular flexibility index (Phi) is 2.64. The fraction of sp³-hybridized carbons (Fsp3) is 0.182. The third-order valence-electron chi connectivity index (χ3n) is 2.17. The molecule has 1 aromatic carbocycles. The monoisotopic (exact) mass is 222 g/mol. The number of halogens is 1. The van der Waals surface area contributed by atoms with Crippen LogP contribution in [0.3, 0.4) is 0 Å². The number of imidazole rings is 1. The Bertz CT molecular complexity index is 462. The number of hydrogen-bond acceptors (Lipinski definition) is 2. The lowest BCUT2D eigenvalue weighted by molar-refractivity contribution is 0.384. The van der Waals surface area contributed by atoms with E-state index in [1.807, 2.05) is 31.2 Å². The largest absolute Gasteiger partial charge is 0.468 e. The number of benzene rings is 1. The molecule has 0 fully saturated rings. The van der Waals surface area contributed by atoms with Gasteiger partial charge in [-0.2, -0.15) is 4.98 Å².